The minimum Gasteiger partial charge on any atom is -0.298 e. The number of nitrogens with one attached hydrogen (secondary N) is 1. The lowest BCUT2D eigenvalue weighted by Gasteiger charge is -2.08. The molecule has 0 aliphatic rings. The molecule has 0 spiro atoms. The average Bonchev–Trinajstić information content (AvgIpc) is 3.38. The highest BCUT2D eigenvalue weighted by atomic mass is 32.2. The zero-order chi connectivity index (χ0) is 20.9. The molecule has 0 saturated heterocycles. The minimum atomic E-state index is -0.251. The summed E-state index contributed by atoms with van der Waals surface area (Å²) < 4.78 is 13.1. The van der Waals surface area contributed by atoms with E-state index in [1.54, 1.807) is 35.2 Å². The Kier molecular flexibility index (Phi) is 6.56. The highest BCUT2D eigenvalue weighted by molar-refractivity contribution is 7.98. The number of aryl methyl sites for hydroxylation is 1. The van der Waals surface area contributed by atoms with E-state index in [0.29, 0.717) is 22.9 Å². The van der Waals surface area contributed by atoms with E-state index in [0.717, 1.165) is 26.7 Å². The SMILES string of the molecule is Cc1nc(NC(=O)c2ccccc2SCc2cscn2)sc1Cc1ccc(F)cc1. The summed E-state index contributed by atoms with van der Waals surface area (Å²) in [6.07, 6.45) is 0.653. The van der Waals surface area contributed by atoms with Crippen molar-refractivity contribution in [3.8, 4) is 0 Å². The van der Waals surface area contributed by atoms with Gasteiger partial charge in [-0.2, -0.15) is 0 Å². The van der Waals surface area contributed by atoms with Gasteiger partial charge in [-0.25, -0.2) is 14.4 Å². The average molecular weight is 456 g/mol. The Balaban J connectivity index is 1.46. The van der Waals surface area contributed by atoms with Crippen LogP contribution in [-0.4, -0.2) is 15.9 Å². The lowest BCUT2D eigenvalue weighted by molar-refractivity contribution is 0.102. The second kappa shape index (κ2) is 9.51. The van der Waals surface area contributed by atoms with E-state index in [1.165, 1.54) is 23.5 Å². The van der Waals surface area contributed by atoms with Crippen molar-refractivity contribution in [2.45, 2.75) is 24.0 Å². The zero-order valence-electron chi connectivity index (χ0n) is 16.1. The lowest BCUT2D eigenvalue weighted by Crippen LogP contribution is -2.12. The summed E-state index contributed by atoms with van der Waals surface area (Å²) in [5.41, 5.74) is 5.30. The van der Waals surface area contributed by atoms with Crippen LogP contribution in [0.1, 0.15) is 32.2 Å². The normalized spacial score (nSPS) is 10.9. The summed E-state index contributed by atoms with van der Waals surface area (Å²) in [5.74, 6) is 0.281. The van der Waals surface area contributed by atoms with Crippen LogP contribution in [-0.2, 0) is 12.2 Å². The third kappa shape index (κ3) is 5.13. The van der Waals surface area contributed by atoms with E-state index >= 15 is 0 Å². The highest BCUT2D eigenvalue weighted by Crippen LogP contribution is 2.29. The summed E-state index contributed by atoms with van der Waals surface area (Å²) >= 11 is 4.60. The lowest BCUT2D eigenvalue weighted by atomic mass is 10.1. The number of nitrogens with zero attached hydrogens (tertiary/aromatic N) is 2. The first-order chi connectivity index (χ1) is 14.6. The number of rotatable bonds is 7. The van der Waals surface area contributed by atoms with Gasteiger partial charge in [0.1, 0.15) is 5.82 Å². The Morgan fingerprint density at radius 1 is 1.17 bits per heavy atom. The highest BCUT2D eigenvalue weighted by Gasteiger charge is 2.15. The molecule has 152 valence electrons. The molecule has 0 aliphatic heterocycles. The molecular formula is C22H18FN3OS3. The van der Waals surface area contributed by atoms with E-state index in [9.17, 15) is 9.18 Å². The van der Waals surface area contributed by atoms with Gasteiger partial charge in [0.05, 0.1) is 22.5 Å². The van der Waals surface area contributed by atoms with Crippen molar-refractivity contribution < 1.29 is 9.18 Å². The smallest absolute Gasteiger partial charge is 0.258 e. The van der Waals surface area contributed by atoms with Crippen LogP contribution < -0.4 is 5.32 Å². The molecule has 2 heterocycles. The van der Waals surface area contributed by atoms with Gasteiger partial charge in [-0.1, -0.05) is 24.3 Å². The van der Waals surface area contributed by atoms with Crippen molar-refractivity contribution in [2.75, 3.05) is 5.32 Å². The Labute approximate surface area is 186 Å². The molecule has 1 amide bonds. The van der Waals surface area contributed by atoms with Crippen LogP contribution in [0.5, 0.6) is 0 Å². The minimum absolute atomic E-state index is 0.182. The Morgan fingerprint density at radius 3 is 2.73 bits per heavy atom. The zero-order valence-corrected chi connectivity index (χ0v) is 18.5. The monoisotopic (exact) mass is 455 g/mol. The number of amides is 1. The number of anilines is 1. The number of thioether (sulfide) groups is 1. The number of halogens is 1. The quantitative estimate of drug-likeness (QED) is 0.338. The van der Waals surface area contributed by atoms with Crippen LogP contribution in [0, 0.1) is 12.7 Å². The first kappa shape index (κ1) is 20.7. The second-order valence-electron chi connectivity index (χ2n) is 6.55. The molecule has 4 aromatic rings. The van der Waals surface area contributed by atoms with E-state index < -0.39 is 0 Å². The third-order valence-electron chi connectivity index (χ3n) is 4.38. The molecule has 30 heavy (non-hydrogen) atoms. The van der Waals surface area contributed by atoms with Crippen molar-refractivity contribution in [3.05, 3.63) is 92.6 Å². The van der Waals surface area contributed by atoms with Gasteiger partial charge in [0.15, 0.2) is 5.13 Å². The van der Waals surface area contributed by atoms with Crippen LogP contribution in [0.4, 0.5) is 9.52 Å². The number of hydrogen-bond acceptors (Lipinski definition) is 6. The Morgan fingerprint density at radius 2 is 1.97 bits per heavy atom. The maximum Gasteiger partial charge on any atom is 0.258 e. The van der Waals surface area contributed by atoms with Crippen molar-refractivity contribution in [2.24, 2.45) is 0 Å². The Bertz CT molecular complexity index is 1140. The predicted molar refractivity (Wildman–Crippen MR) is 122 cm³/mol. The molecule has 8 heteroatoms. The summed E-state index contributed by atoms with van der Waals surface area (Å²) in [5, 5.41) is 5.50. The van der Waals surface area contributed by atoms with Crippen LogP contribution in [0.2, 0.25) is 0 Å². The molecule has 0 aliphatic carbocycles. The fourth-order valence-corrected chi connectivity index (χ4v) is 5.45. The summed E-state index contributed by atoms with van der Waals surface area (Å²) in [6.45, 7) is 1.92. The van der Waals surface area contributed by atoms with E-state index in [4.69, 9.17) is 0 Å². The molecule has 0 saturated carbocycles. The number of thiazole rings is 2. The van der Waals surface area contributed by atoms with Gasteiger partial charge in [0, 0.05) is 27.3 Å². The van der Waals surface area contributed by atoms with Crippen molar-refractivity contribution in [1.82, 2.24) is 9.97 Å². The number of hydrogen-bond donors (Lipinski definition) is 1. The molecular weight excluding hydrogens is 437 g/mol. The maximum atomic E-state index is 13.1. The molecule has 0 unspecified atom stereocenters. The summed E-state index contributed by atoms with van der Waals surface area (Å²) in [4.78, 5) is 23.6. The van der Waals surface area contributed by atoms with E-state index in [1.807, 2.05) is 42.1 Å². The molecule has 4 nitrogen and oxygen atoms in total. The van der Waals surface area contributed by atoms with Gasteiger partial charge in [0.25, 0.3) is 5.91 Å². The van der Waals surface area contributed by atoms with Gasteiger partial charge in [-0.05, 0) is 36.8 Å². The second-order valence-corrected chi connectivity index (χ2v) is 9.37. The molecule has 2 aromatic carbocycles. The van der Waals surface area contributed by atoms with Gasteiger partial charge >= 0.3 is 0 Å². The number of carbonyl (C=O) groups excluding carboxylic acids is 1. The van der Waals surface area contributed by atoms with Crippen molar-refractivity contribution >= 4 is 45.5 Å². The fraction of sp³-hybridized carbons (Fsp3) is 0.136. The largest absolute Gasteiger partial charge is 0.298 e. The number of aromatic nitrogens is 2. The molecule has 1 N–H and O–H groups in total. The molecule has 0 atom stereocenters. The topological polar surface area (TPSA) is 54.9 Å². The molecule has 0 bridgehead atoms. The standard InChI is InChI=1S/C22H18FN3OS3/c1-14-20(10-15-6-8-16(23)9-7-15)30-22(25-14)26-21(27)18-4-2-3-5-19(18)29-12-17-11-28-13-24-17/h2-9,11,13H,10,12H2,1H3,(H,25,26,27). The predicted octanol–water partition coefficient (Wildman–Crippen LogP) is 6.18. The van der Waals surface area contributed by atoms with Crippen LogP contribution in [0.15, 0.2) is 64.3 Å². The van der Waals surface area contributed by atoms with Gasteiger partial charge in [-0.3, -0.25) is 10.1 Å². The van der Waals surface area contributed by atoms with Crippen LogP contribution >= 0.6 is 34.4 Å². The molecule has 2 aromatic heterocycles. The fourth-order valence-electron chi connectivity index (χ4n) is 2.84. The third-order valence-corrected chi connectivity index (χ3v) is 7.20. The molecule has 0 radical (unpaired) electrons. The van der Waals surface area contributed by atoms with Gasteiger partial charge < -0.3 is 0 Å². The first-order valence-corrected chi connectivity index (χ1v) is 11.9. The first-order valence-electron chi connectivity index (χ1n) is 9.19. The van der Waals surface area contributed by atoms with E-state index in [-0.39, 0.29) is 11.7 Å². The van der Waals surface area contributed by atoms with Crippen molar-refractivity contribution in [3.63, 3.8) is 0 Å². The summed E-state index contributed by atoms with van der Waals surface area (Å²) in [7, 11) is 0. The Hall–Kier alpha value is -2.55. The number of benzene rings is 2. The summed E-state index contributed by atoms with van der Waals surface area (Å²) in [6, 6.07) is 14.0. The van der Waals surface area contributed by atoms with Gasteiger partial charge in [-0.15, -0.1) is 34.4 Å². The molecule has 4 rings (SSSR count). The van der Waals surface area contributed by atoms with Crippen molar-refractivity contribution in [1.29, 1.82) is 0 Å². The van der Waals surface area contributed by atoms with Gasteiger partial charge in [0.2, 0.25) is 0 Å². The van der Waals surface area contributed by atoms with Crippen LogP contribution in [0.3, 0.4) is 0 Å². The molecule has 0 fully saturated rings. The van der Waals surface area contributed by atoms with Crippen LogP contribution in [0.25, 0.3) is 0 Å². The number of carbonyl (C=O) groups is 1. The van der Waals surface area contributed by atoms with E-state index in [2.05, 4.69) is 15.3 Å². The maximum absolute atomic E-state index is 13.1.